The second-order valence-electron chi connectivity index (χ2n) is 4.03. The van der Waals surface area contributed by atoms with Crippen LogP contribution in [0.2, 0.25) is 0 Å². The van der Waals surface area contributed by atoms with E-state index in [0.717, 1.165) is 14.5 Å². The van der Waals surface area contributed by atoms with Crippen molar-refractivity contribution in [3.63, 3.8) is 0 Å². The maximum atomic E-state index is 11.4. The number of hydrazine groups is 1. The van der Waals surface area contributed by atoms with E-state index in [9.17, 15) is 4.79 Å². The van der Waals surface area contributed by atoms with Gasteiger partial charge >= 0.3 is 5.91 Å². The molecular formula is C13H12Br2N2O3. The lowest BCUT2D eigenvalue weighted by Gasteiger charge is -2.07. The van der Waals surface area contributed by atoms with E-state index in [0.29, 0.717) is 18.1 Å². The number of benzene rings is 1. The molecule has 7 heteroatoms. The molecule has 0 saturated carbocycles. The number of hydrogen-bond acceptors (Lipinski definition) is 4. The van der Waals surface area contributed by atoms with E-state index in [2.05, 4.69) is 31.9 Å². The summed E-state index contributed by atoms with van der Waals surface area (Å²) in [5.41, 5.74) is 2.81. The van der Waals surface area contributed by atoms with Gasteiger partial charge in [-0.1, -0.05) is 15.9 Å². The minimum absolute atomic E-state index is 0.165. The van der Waals surface area contributed by atoms with Gasteiger partial charge in [-0.05, 0) is 47.1 Å². The second-order valence-corrected chi connectivity index (χ2v) is 5.80. The lowest BCUT2D eigenvalue weighted by Crippen LogP contribution is -2.29. The zero-order chi connectivity index (χ0) is 14.7. The van der Waals surface area contributed by atoms with Gasteiger partial charge < -0.3 is 9.15 Å². The van der Waals surface area contributed by atoms with Gasteiger partial charge in [0.2, 0.25) is 0 Å². The van der Waals surface area contributed by atoms with Crippen LogP contribution in [0.3, 0.4) is 0 Å². The molecule has 20 heavy (non-hydrogen) atoms. The van der Waals surface area contributed by atoms with E-state index in [1.807, 2.05) is 23.6 Å². The number of carbonyl (C=O) groups excluding carboxylic acids is 1. The Labute approximate surface area is 132 Å². The van der Waals surface area contributed by atoms with Crippen LogP contribution in [0.1, 0.15) is 21.9 Å². The fraction of sp³-hybridized carbons (Fsp3) is 0.154. The van der Waals surface area contributed by atoms with Crippen molar-refractivity contribution in [2.45, 2.75) is 13.5 Å². The third-order valence-corrected chi connectivity index (χ3v) is 3.77. The van der Waals surface area contributed by atoms with E-state index in [1.165, 1.54) is 0 Å². The fourth-order valence-electron chi connectivity index (χ4n) is 1.59. The van der Waals surface area contributed by atoms with Crippen molar-refractivity contribution in [1.29, 1.82) is 0 Å². The van der Waals surface area contributed by atoms with Gasteiger partial charge in [0.25, 0.3) is 0 Å². The zero-order valence-electron chi connectivity index (χ0n) is 10.6. The SMILES string of the molecule is Cc1oc(C(=O)NN)cc1COc1ccc(Br)cc1Br. The Morgan fingerprint density at radius 2 is 2.15 bits per heavy atom. The quantitative estimate of drug-likeness (QED) is 0.466. The number of nitrogens with one attached hydrogen (secondary N) is 1. The molecule has 1 amide bonds. The minimum Gasteiger partial charge on any atom is -0.488 e. The van der Waals surface area contributed by atoms with Gasteiger partial charge in [0.05, 0.1) is 4.47 Å². The normalized spacial score (nSPS) is 10.4. The summed E-state index contributed by atoms with van der Waals surface area (Å²) in [5, 5.41) is 0. The zero-order valence-corrected chi connectivity index (χ0v) is 13.7. The highest BCUT2D eigenvalue weighted by atomic mass is 79.9. The molecule has 106 valence electrons. The molecule has 0 spiro atoms. The Bertz CT molecular complexity index is 641. The van der Waals surface area contributed by atoms with E-state index in [1.54, 1.807) is 13.0 Å². The van der Waals surface area contributed by atoms with Crippen molar-refractivity contribution in [2.24, 2.45) is 5.84 Å². The average molecular weight is 404 g/mol. The highest BCUT2D eigenvalue weighted by molar-refractivity contribution is 9.11. The number of furan rings is 1. The molecule has 0 fully saturated rings. The summed E-state index contributed by atoms with van der Waals surface area (Å²) in [6.45, 7) is 2.07. The van der Waals surface area contributed by atoms with Crippen LogP contribution in [0.4, 0.5) is 0 Å². The van der Waals surface area contributed by atoms with Crippen LogP contribution >= 0.6 is 31.9 Å². The number of hydrogen-bond donors (Lipinski definition) is 2. The monoisotopic (exact) mass is 402 g/mol. The van der Waals surface area contributed by atoms with Crippen LogP contribution in [0.5, 0.6) is 5.75 Å². The highest BCUT2D eigenvalue weighted by Gasteiger charge is 2.14. The third-order valence-electron chi connectivity index (χ3n) is 2.65. The molecule has 0 bridgehead atoms. The van der Waals surface area contributed by atoms with Crippen molar-refractivity contribution in [1.82, 2.24) is 5.43 Å². The first-order valence-electron chi connectivity index (χ1n) is 5.69. The number of amides is 1. The van der Waals surface area contributed by atoms with Gasteiger partial charge in [0.15, 0.2) is 5.76 Å². The summed E-state index contributed by atoms with van der Waals surface area (Å²) in [4.78, 5) is 11.4. The van der Waals surface area contributed by atoms with Gasteiger partial charge in [0.1, 0.15) is 18.1 Å². The van der Waals surface area contributed by atoms with Crippen molar-refractivity contribution in [3.05, 3.63) is 50.3 Å². The van der Waals surface area contributed by atoms with Crippen LogP contribution in [-0.2, 0) is 6.61 Å². The second kappa shape index (κ2) is 6.43. The maximum Gasteiger partial charge on any atom is 0.300 e. The minimum atomic E-state index is -0.468. The molecule has 0 aliphatic rings. The predicted octanol–water partition coefficient (Wildman–Crippen LogP) is 3.30. The predicted molar refractivity (Wildman–Crippen MR) is 81.3 cm³/mol. The molecule has 0 aliphatic carbocycles. The fourth-order valence-corrected chi connectivity index (χ4v) is 2.76. The third kappa shape index (κ3) is 3.41. The molecular weight excluding hydrogens is 392 g/mol. The van der Waals surface area contributed by atoms with Gasteiger partial charge in [0, 0.05) is 10.0 Å². The lowest BCUT2D eigenvalue weighted by atomic mass is 10.2. The summed E-state index contributed by atoms with van der Waals surface area (Å²) >= 11 is 6.79. The first-order valence-corrected chi connectivity index (χ1v) is 7.28. The van der Waals surface area contributed by atoms with Gasteiger partial charge in [-0.2, -0.15) is 0 Å². The summed E-state index contributed by atoms with van der Waals surface area (Å²) in [6.07, 6.45) is 0. The Morgan fingerprint density at radius 1 is 1.40 bits per heavy atom. The smallest absolute Gasteiger partial charge is 0.300 e. The van der Waals surface area contributed by atoms with Crippen LogP contribution in [0.25, 0.3) is 0 Å². The molecule has 0 aliphatic heterocycles. The van der Waals surface area contributed by atoms with E-state index < -0.39 is 5.91 Å². The van der Waals surface area contributed by atoms with Crippen molar-refractivity contribution < 1.29 is 13.9 Å². The molecule has 1 aromatic carbocycles. The van der Waals surface area contributed by atoms with Crippen LogP contribution < -0.4 is 16.0 Å². The van der Waals surface area contributed by atoms with Gasteiger partial charge in [-0.15, -0.1) is 0 Å². The summed E-state index contributed by atoms with van der Waals surface area (Å²) < 4.78 is 12.8. The van der Waals surface area contributed by atoms with Crippen molar-refractivity contribution in [3.8, 4) is 5.75 Å². The van der Waals surface area contributed by atoms with Crippen molar-refractivity contribution in [2.75, 3.05) is 0 Å². The van der Waals surface area contributed by atoms with Gasteiger partial charge in [-0.25, -0.2) is 5.84 Å². The molecule has 1 aromatic heterocycles. The first kappa shape index (κ1) is 15.1. The van der Waals surface area contributed by atoms with E-state index in [-0.39, 0.29) is 5.76 Å². The van der Waals surface area contributed by atoms with Crippen LogP contribution in [0.15, 0.2) is 37.6 Å². The van der Waals surface area contributed by atoms with E-state index in [4.69, 9.17) is 15.0 Å². The molecule has 5 nitrogen and oxygen atoms in total. The Balaban J connectivity index is 2.11. The Kier molecular flexibility index (Phi) is 4.85. The Hall–Kier alpha value is -1.31. The largest absolute Gasteiger partial charge is 0.488 e. The number of carbonyl (C=O) groups is 1. The summed E-state index contributed by atoms with van der Waals surface area (Å²) in [7, 11) is 0. The molecule has 0 unspecified atom stereocenters. The number of nitrogens with two attached hydrogens (primary N) is 1. The van der Waals surface area contributed by atoms with E-state index >= 15 is 0 Å². The van der Waals surface area contributed by atoms with Crippen LogP contribution in [0, 0.1) is 6.92 Å². The standard InChI is InChI=1S/C13H12Br2N2O3/c1-7-8(4-12(20-7)13(18)17-16)6-19-11-3-2-9(14)5-10(11)15/h2-5H,6,16H2,1H3,(H,17,18). The number of halogens is 2. The molecule has 0 saturated heterocycles. The molecule has 2 aromatic rings. The first-order chi connectivity index (χ1) is 9.51. The van der Waals surface area contributed by atoms with Gasteiger partial charge in [-0.3, -0.25) is 10.2 Å². The number of ether oxygens (including phenoxy) is 1. The van der Waals surface area contributed by atoms with Crippen molar-refractivity contribution >= 4 is 37.8 Å². The van der Waals surface area contributed by atoms with Crippen LogP contribution in [-0.4, -0.2) is 5.91 Å². The topological polar surface area (TPSA) is 77.5 Å². The molecule has 2 rings (SSSR count). The average Bonchev–Trinajstić information content (AvgIpc) is 2.78. The lowest BCUT2D eigenvalue weighted by molar-refractivity contribution is 0.0924. The Morgan fingerprint density at radius 3 is 2.80 bits per heavy atom. The summed E-state index contributed by atoms with van der Waals surface area (Å²) in [6, 6.07) is 7.24. The highest BCUT2D eigenvalue weighted by Crippen LogP contribution is 2.29. The molecule has 0 atom stereocenters. The molecule has 3 N–H and O–H groups in total. The number of nitrogen functional groups attached to an aromatic ring is 1. The summed E-state index contributed by atoms with van der Waals surface area (Å²) in [5.74, 6) is 6.09. The maximum absolute atomic E-state index is 11.4. The number of rotatable bonds is 4. The number of aryl methyl sites for hydroxylation is 1. The molecule has 1 heterocycles. The molecule has 0 radical (unpaired) electrons.